The number of hydrogen-bond acceptors (Lipinski definition) is 5. The average Bonchev–Trinajstić information content (AvgIpc) is 2.39. The number of nitrogens with one attached hydrogen (secondary N) is 2. The van der Waals surface area contributed by atoms with Gasteiger partial charge in [0, 0.05) is 20.2 Å². The quantitative estimate of drug-likeness (QED) is 0.837. The summed E-state index contributed by atoms with van der Waals surface area (Å²) < 4.78 is 19.0. The third-order valence-corrected chi connectivity index (χ3v) is 2.74. The van der Waals surface area contributed by atoms with E-state index in [0.717, 1.165) is 25.6 Å². The minimum absolute atomic E-state index is 0.149. The Morgan fingerprint density at radius 3 is 3.12 bits per heavy atom. The number of anilines is 2. The van der Waals surface area contributed by atoms with Crippen LogP contribution in [0, 0.1) is 5.82 Å². The first-order chi connectivity index (χ1) is 8.29. The molecule has 0 amide bonds. The highest BCUT2D eigenvalue weighted by atomic mass is 19.1. The number of aromatic nitrogens is 2. The summed E-state index contributed by atoms with van der Waals surface area (Å²) in [5, 5.41) is 5.74. The Kier molecular flexibility index (Phi) is 4.08. The molecule has 2 heterocycles. The van der Waals surface area contributed by atoms with Crippen molar-refractivity contribution in [2.24, 2.45) is 0 Å². The van der Waals surface area contributed by atoms with Crippen LogP contribution in [-0.2, 0) is 4.74 Å². The summed E-state index contributed by atoms with van der Waals surface area (Å²) in [5.41, 5.74) is 0. The maximum absolute atomic E-state index is 13.4. The van der Waals surface area contributed by atoms with Gasteiger partial charge in [-0.15, -0.1) is 0 Å². The van der Waals surface area contributed by atoms with E-state index in [1.165, 1.54) is 6.42 Å². The molecule has 17 heavy (non-hydrogen) atoms. The largest absolute Gasteiger partial charge is 0.376 e. The topological polar surface area (TPSA) is 59.1 Å². The van der Waals surface area contributed by atoms with Crippen LogP contribution in [0.1, 0.15) is 19.3 Å². The van der Waals surface area contributed by atoms with Gasteiger partial charge in [0.15, 0.2) is 11.6 Å². The van der Waals surface area contributed by atoms with Crippen molar-refractivity contribution in [2.75, 3.05) is 30.8 Å². The molecular formula is C11H17FN4O. The summed E-state index contributed by atoms with van der Waals surface area (Å²) in [4.78, 5) is 7.79. The fraction of sp³-hybridized carbons (Fsp3) is 0.636. The molecule has 1 fully saturated rings. The monoisotopic (exact) mass is 240 g/mol. The summed E-state index contributed by atoms with van der Waals surface area (Å²) in [6.45, 7) is 1.37. The summed E-state index contributed by atoms with van der Waals surface area (Å²) in [6.07, 6.45) is 4.60. The molecule has 1 saturated heterocycles. The van der Waals surface area contributed by atoms with Crippen LogP contribution in [0.2, 0.25) is 0 Å². The van der Waals surface area contributed by atoms with Crippen LogP contribution >= 0.6 is 0 Å². The van der Waals surface area contributed by atoms with E-state index in [-0.39, 0.29) is 11.9 Å². The minimum Gasteiger partial charge on any atom is -0.376 e. The summed E-state index contributed by atoms with van der Waals surface area (Å²) >= 11 is 0. The van der Waals surface area contributed by atoms with E-state index < -0.39 is 5.82 Å². The standard InChI is InChI=1S/C11H17FN4O/c1-13-11-15-7-9(12)10(16-11)14-6-8-4-2-3-5-17-8/h7-8H,2-6H2,1H3,(H2,13,14,15,16). The molecule has 94 valence electrons. The molecule has 0 bridgehead atoms. The van der Waals surface area contributed by atoms with Gasteiger partial charge in [-0.3, -0.25) is 0 Å². The number of nitrogens with zero attached hydrogens (tertiary/aromatic N) is 2. The normalized spacial score (nSPS) is 20.0. The number of rotatable bonds is 4. The van der Waals surface area contributed by atoms with Crippen LogP contribution in [0.5, 0.6) is 0 Å². The number of ether oxygens (including phenoxy) is 1. The lowest BCUT2D eigenvalue weighted by Gasteiger charge is -2.23. The molecule has 1 aromatic rings. The SMILES string of the molecule is CNc1ncc(F)c(NCC2CCCCO2)n1. The smallest absolute Gasteiger partial charge is 0.224 e. The number of halogens is 1. The highest BCUT2D eigenvalue weighted by Gasteiger charge is 2.14. The minimum atomic E-state index is -0.445. The molecule has 1 atom stereocenters. The maximum Gasteiger partial charge on any atom is 0.224 e. The van der Waals surface area contributed by atoms with Crippen LogP contribution in [0.3, 0.4) is 0 Å². The Bertz CT molecular complexity index is 368. The Balaban J connectivity index is 1.92. The van der Waals surface area contributed by atoms with Crippen LogP contribution in [-0.4, -0.2) is 36.3 Å². The van der Waals surface area contributed by atoms with E-state index in [1.807, 2.05) is 0 Å². The molecule has 0 spiro atoms. The Morgan fingerprint density at radius 2 is 2.41 bits per heavy atom. The molecule has 0 radical (unpaired) electrons. The van der Waals surface area contributed by atoms with Gasteiger partial charge in [-0.25, -0.2) is 9.37 Å². The molecule has 1 aliphatic rings. The fourth-order valence-electron chi connectivity index (χ4n) is 1.79. The number of hydrogen-bond donors (Lipinski definition) is 2. The lowest BCUT2D eigenvalue weighted by molar-refractivity contribution is 0.0247. The van der Waals surface area contributed by atoms with Crippen molar-refractivity contribution in [1.29, 1.82) is 0 Å². The van der Waals surface area contributed by atoms with Crippen molar-refractivity contribution in [3.63, 3.8) is 0 Å². The van der Waals surface area contributed by atoms with Crippen molar-refractivity contribution in [2.45, 2.75) is 25.4 Å². The van der Waals surface area contributed by atoms with Gasteiger partial charge in [0.25, 0.3) is 0 Å². The highest BCUT2D eigenvalue weighted by molar-refractivity contribution is 5.40. The first-order valence-corrected chi connectivity index (χ1v) is 5.85. The van der Waals surface area contributed by atoms with Gasteiger partial charge in [0.2, 0.25) is 5.95 Å². The zero-order valence-corrected chi connectivity index (χ0v) is 9.87. The average molecular weight is 240 g/mol. The van der Waals surface area contributed by atoms with Crippen LogP contribution in [0.4, 0.5) is 16.2 Å². The van der Waals surface area contributed by atoms with E-state index in [9.17, 15) is 4.39 Å². The van der Waals surface area contributed by atoms with Gasteiger partial charge in [0.1, 0.15) is 0 Å². The molecule has 5 nitrogen and oxygen atoms in total. The third-order valence-electron chi connectivity index (χ3n) is 2.74. The zero-order valence-electron chi connectivity index (χ0n) is 9.87. The predicted molar refractivity (Wildman–Crippen MR) is 63.6 cm³/mol. The summed E-state index contributed by atoms with van der Waals surface area (Å²) in [7, 11) is 1.70. The lowest BCUT2D eigenvalue weighted by atomic mass is 10.1. The molecule has 0 saturated carbocycles. The van der Waals surface area contributed by atoms with Gasteiger partial charge in [-0.1, -0.05) is 0 Å². The predicted octanol–water partition coefficient (Wildman–Crippen LogP) is 1.64. The third kappa shape index (κ3) is 3.26. The Hall–Kier alpha value is -1.43. The molecule has 2 rings (SSSR count). The van der Waals surface area contributed by atoms with Gasteiger partial charge in [-0.2, -0.15) is 4.98 Å². The van der Waals surface area contributed by atoms with E-state index in [0.29, 0.717) is 12.5 Å². The summed E-state index contributed by atoms with van der Waals surface area (Å²) in [5.74, 6) is 0.178. The van der Waals surface area contributed by atoms with E-state index in [4.69, 9.17) is 4.74 Å². The Labute approximate surface area is 99.8 Å². The fourth-order valence-corrected chi connectivity index (χ4v) is 1.79. The molecular weight excluding hydrogens is 223 g/mol. The van der Waals surface area contributed by atoms with Crippen molar-refractivity contribution < 1.29 is 9.13 Å². The molecule has 1 aliphatic heterocycles. The first kappa shape index (κ1) is 12.0. The van der Waals surface area contributed by atoms with Gasteiger partial charge < -0.3 is 15.4 Å². The molecule has 1 unspecified atom stereocenters. The van der Waals surface area contributed by atoms with Crippen LogP contribution < -0.4 is 10.6 Å². The van der Waals surface area contributed by atoms with Crippen LogP contribution in [0.15, 0.2) is 6.20 Å². The molecule has 0 aliphatic carbocycles. The van der Waals surface area contributed by atoms with Gasteiger partial charge in [-0.05, 0) is 19.3 Å². The van der Waals surface area contributed by atoms with E-state index in [1.54, 1.807) is 7.05 Å². The Morgan fingerprint density at radius 1 is 1.53 bits per heavy atom. The maximum atomic E-state index is 13.4. The highest BCUT2D eigenvalue weighted by Crippen LogP contribution is 2.15. The molecule has 1 aromatic heterocycles. The van der Waals surface area contributed by atoms with Gasteiger partial charge >= 0.3 is 0 Å². The lowest BCUT2D eigenvalue weighted by Crippen LogP contribution is -2.27. The zero-order chi connectivity index (χ0) is 12.1. The second kappa shape index (κ2) is 5.77. The van der Waals surface area contributed by atoms with Crippen molar-refractivity contribution in [3.8, 4) is 0 Å². The van der Waals surface area contributed by atoms with Gasteiger partial charge in [0.05, 0.1) is 12.3 Å². The van der Waals surface area contributed by atoms with Crippen molar-refractivity contribution in [1.82, 2.24) is 9.97 Å². The van der Waals surface area contributed by atoms with Crippen molar-refractivity contribution in [3.05, 3.63) is 12.0 Å². The first-order valence-electron chi connectivity index (χ1n) is 5.85. The second-order valence-electron chi connectivity index (χ2n) is 4.01. The molecule has 2 N–H and O–H groups in total. The van der Waals surface area contributed by atoms with E-state index >= 15 is 0 Å². The molecule has 6 heteroatoms. The van der Waals surface area contributed by atoms with Crippen molar-refractivity contribution >= 4 is 11.8 Å². The molecule has 0 aromatic carbocycles. The van der Waals surface area contributed by atoms with Crippen LogP contribution in [0.25, 0.3) is 0 Å². The van der Waals surface area contributed by atoms with E-state index in [2.05, 4.69) is 20.6 Å². The summed E-state index contributed by atoms with van der Waals surface area (Å²) in [6, 6.07) is 0. The second-order valence-corrected chi connectivity index (χ2v) is 4.01.